The molecule has 1 aliphatic heterocycles. The normalized spacial score (nSPS) is 30.8. The molecule has 160 valence electrons. The van der Waals surface area contributed by atoms with E-state index in [1.165, 1.54) is 0 Å². The Morgan fingerprint density at radius 1 is 1.11 bits per heavy atom. The molecule has 6 heteroatoms. The van der Waals surface area contributed by atoms with Gasteiger partial charge < -0.3 is 14.2 Å². The fourth-order valence-corrected chi connectivity index (χ4v) is 4.00. The van der Waals surface area contributed by atoms with E-state index in [0.717, 1.165) is 19.3 Å². The van der Waals surface area contributed by atoms with Gasteiger partial charge in [-0.1, -0.05) is 34.1 Å². The first-order valence-electron chi connectivity index (χ1n) is 10.4. The molecule has 1 saturated heterocycles. The maximum Gasteiger partial charge on any atom is 0.344 e. The van der Waals surface area contributed by atoms with Gasteiger partial charge in [0, 0.05) is 5.92 Å². The largest absolute Gasteiger partial charge is 0.458 e. The Labute approximate surface area is 168 Å². The predicted molar refractivity (Wildman–Crippen MR) is 104 cm³/mol. The predicted octanol–water partition coefficient (Wildman–Crippen LogP) is 3.90. The van der Waals surface area contributed by atoms with Crippen molar-refractivity contribution in [2.24, 2.45) is 28.6 Å². The molecule has 1 aliphatic carbocycles. The van der Waals surface area contributed by atoms with E-state index in [4.69, 9.17) is 14.2 Å². The number of rotatable bonds is 5. The third-order valence-electron chi connectivity index (χ3n) is 6.96. The Balaban J connectivity index is 2.00. The summed E-state index contributed by atoms with van der Waals surface area (Å²) >= 11 is 0. The van der Waals surface area contributed by atoms with Crippen molar-refractivity contribution in [1.82, 2.24) is 0 Å². The average molecular weight is 397 g/mol. The second-order valence-electron chi connectivity index (χ2n) is 9.99. The van der Waals surface area contributed by atoms with E-state index >= 15 is 0 Å². The lowest BCUT2D eigenvalue weighted by Crippen LogP contribution is -2.41. The van der Waals surface area contributed by atoms with Gasteiger partial charge in [-0.25, -0.2) is 4.79 Å². The minimum atomic E-state index is -0.733. The first-order valence-corrected chi connectivity index (χ1v) is 10.4. The van der Waals surface area contributed by atoms with Crippen LogP contribution in [0.3, 0.4) is 0 Å². The van der Waals surface area contributed by atoms with Gasteiger partial charge in [0.2, 0.25) is 0 Å². The number of hydrogen-bond donors (Lipinski definition) is 0. The highest BCUT2D eigenvalue weighted by Crippen LogP contribution is 2.42. The molecule has 2 rings (SSSR count). The number of fused-ring (bicyclic) bond motifs is 2. The molecule has 1 heterocycles. The van der Waals surface area contributed by atoms with Crippen LogP contribution >= 0.6 is 0 Å². The van der Waals surface area contributed by atoms with Gasteiger partial charge in [-0.3, -0.25) is 9.59 Å². The van der Waals surface area contributed by atoms with E-state index in [2.05, 4.69) is 6.92 Å². The molecule has 0 aromatic rings. The highest BCUT2D eigenvalue weighted by atomic mass is 16.6. The Bertz CT molecular complexity index is 603. The van der Waals surface area contributed by atoms with Gasteiger partial charge in [-0.15, -0.1) is 0 Å². The number of cyclic esters (lactones) is 1. The number of ether oxygens (including phenoxy) is 3. The summed E-state index contributed by atoms with van der Waals surface area (Å²) in [5.41, 5.74) is -1.03. The summed E-state index contributed by atoms with van der Waals surface area (Å²) in [6.07, 6.45) is 2.46. The highest BCUT2D eigenvalue weighted by molar-refractivity contribution is 5.80. The van der Waals surface area contributed by atoms with E-state index in [-0.39, 0.29) is 23.2 Å². The standard InChI is InChI=1S/C22H36O6/c1-8-14-9-15-11-16(10-14)19(24)27-13(2)18(15)28-17(23)12-26-20(25)22(6,7)21(3,4)5/h13-16,18H,8-12H2,1-7H3. The van der Waals surface area contributed by atoms with Gasteiger partial charge in [-0.2, -0.15) is 0 Å². The summed E-state index contributed by atoms with van der Waals surface area (Å²) in [5, 5.41) is 0. The molecular weight excluding hydrogens is 360 g/mol. The molecule has 28 heavy (non-hydrogen) atoms. The molecule has 2 bridgehead atoms. The van der Waals surface area contributed by atoms with E-state index in [1.807, 2.05) is 20.8 Å². The van der Waals surface area contributed by atoms with Crippen LogP contribution in [0.1, 0.15) is 74.1 Å². The number of hydrogen-bond acceptors (Lipinski definition) is 6. The minimum Gasteiger partial charge on any atom is -0.458 e. The second-order valence-corrected chi connectivity index (χ2v) is 9.99. The van der Waals surface area contributed by atoms with Crippen molar-refractivity contribution in [3.05, 3.63) is 0 Å². The van der Waals surface area contributed by atoms with E-state index < -0.39 is 36.2 Å². The number of carbonyl (C=O) groups excluding carboxylic acids is 3. The summed E-state index contributed by atoms with van der Waals surface area (Å²) in [6.45, 7) is 12.9. The van der Waals surface area contributed by atoms with Crippen molar-refractivity contribution in [2.75, 3.05) is 6.61 Å². The Hall–Kier alpha value is -1.59. The lowest BCUT2D eigenvalue weighted by molar-refractivity contribution is -0.177. The lowest BCUT2D eigenvalue weighted by atomic mass is 9.69. The van der Waals surface area contributed by atoms with Crippen LogP contribution in [-0.4, -0.2) is 36.7 Å². The molecule has 0 N–H and O–H groups in total. The average Bonchev–Trinajstić information content (AvgIpc) is 2.68. The molecule has 0 aromatic carbocycles. The zero-order valence-electron chi connectivity index (χ0n) is 18.4. The van der Waals surface area contributed by atoms with Crippen LogP contribution in [0.4, 0.5) is 0 Å². The fraction of sp³-hybridized carbons (Fsp3) is 0.864. The van der Waals surface area contributed by atoms with Crippen LogP contribution in [0.15, 0.2) is 0 Å². The van der Waals surface area contributed by atoms with Crippen molar-refractivity contribution in [3.8, 4) is 0 Å². The van der Waals surface area contributed by atoms with Crippen LogP contribution in [0.25, 0.3) is 0 Å². The maximum absolute atomic E-state index is 12.4. The zero-order chi connectivity index (χ0) is 21.3. The third-order valence-corrected chi connectivity index (χ3v) is 6.96. The van der Waals surface area contributed by atoms with Crippen LogP contribution < -0.4 is 0 Å². The van der Waals surface area contributed by atoms with Crippen LogP contribution in [-0.2, 0) is 28.6 Å². The number of esters is 3. The smallest absolute Gasteiger partial charge is 0.344 e. The lowest BCUT2D eigenvalue weighted by Gasteiger charge is -2.36. The van der Waals surface area contributed by atoms with E-state index in [0.29, 0.717) is 12.3 Å². The Kier molecular flexibility index (Phi) is 6.82. The van der Waals surface area contributed by atoms with E-state index in [1.54, 1.807) is 20.8 Å². The highest BCUT2D eigenvalue weighted by Gasteiger charge is 2.45. The monoisotopic (exact) mass is 396 g/mol. The van der Waals surface area contributed by atoms with Crippen molar-refractivity contribution in [1.29, 1.82) is 0 Å². The first-order chi connectivity index (χ1) is 12.9. The van der Waals surface area contributed by atoms with Gasteiger partial charge in [0.25, 0.3) is 0 Å². The first kappa shape index (κ1) is 22.7. The molecular formula is C22H36O6. The summed E-state index contributed by atoms with van der Waals surface area (Å²) in [6, 6.07) is 0. The van der Waals surface area contributed by atoms with Gasteiger partial charge in [0.05, 0.1) is 11.3 Å². The number of carbonyl (C=O) groups is 3. The van der Waals surface area contributed by atoms with E-state index in [9.17, 15) is 14.4 Å². The Morgan fingerprint density at radius 3 is 2.32 bits per heavy atom. The second kappa shape index (κ2) is 8.42. The van der Waals surface area contributed by atoms with Crippen LogP contribution in [0.5, 0.6) is 0 Å². The zero-order valence-corrected chi connectivity index (χ0v) is 18.4. The molecule has 2 aliphatic rings. The molecule has 0 spiro atoms. The quantitative estimate of drug-likeness (QED) is 0.518. The van der Waals surface area contributed by atoms with Crippen molar-refractivity contribution in [2.45, 2.75) is 86.4 Å². The molecule has 0 aromatic heterocycles. The molecule has 0 amide bonds. The topological polar surface area (TPSA) is 78.9 Å². The van der Waals surface area contributed by atoms with Crippen LogP contribution in [0.2, 0.25) is 0 Å². The van der Waals surface area contributed by atoms with Crippen molar-refractivity contribution < 1.29 is 28.6 Å². The molecule has 1 saturated carbocycles. The summed E-state index contributed by atoms with van der Waals surface area (Å²) in [5.74, 6) is -0.791. The summed E-state index contributed by atoms with van der Waals surface area (Å²) in [4.78, 5) is 37.1. The van der Waals surface area contributed by atoms with Crippen LogP contribution in [0, 0.1) is 28.6 Å². The van der Waals surface area contributed by atoms with Gasteiger partial charge >= 0.3 is 17.9 Å². The Morgan fingerprint density at radius 2 is 1.75 bits per heavy atom. The third kappa shape index (κ3) is 4.87. The molecule has 2 fully saturated rings. The van der Waals surface area contributed by atoms with Gasteiger partial charge in [0.1, 0.15) is 12.2 Å². The van der Waals surface area contributed by atoms with Crippen molar-refractivity contribution in [3.63, 3.8) is 0 Å². The fourth-order valence-electron chi connectivity index (χ4n) is 4.00. The van der Waals surface area contributed by atoms with Crippen molar-refractivity contribution >= 4 is 17.9 Å². The van der Waals surface area contributed by atoms with Gasteiger partial charge in [-0.05, 0) is 51.4 Å². The maximum atomic E-state index is 12.4. The molecule has 5 unspecified atom stereocenters. The summed E-state index contributed by atoms with van der Waals surface area (Å²) < 4.78 is 16.4. The summed E-state index contributed by atoms with van der Waals surface area (Å²) in [7, 11) is 0. The SMILES string of the molecule is CCC1CC2CC(C1)C(OC(=O)COC(=O)C(C)(C)C(C)(C)C)C(C)OC2=O. The molecule has 0 radical (unpaired) electrons. The molecule has 5 atom stereocenters. The minimum absolute atomic E-state index is 0.0933. The molecule has 6 nitrogen and oxygen atoms in total. The van der Waals surface area contributed by atoms with Gasteiger partial charge in [0.15, 0.2) is 6.61 Å².